The van der Waals surface area contributed by atoms with E-state index >= 15 is 0 Å². The number of rotatable bonds is 4. The van der Waals surface area contributed by atoms with E-state index in [-0.39, 0.29) is 0 Å². The quantitative estimate of drug-likeness (QED) is 0.816. The SMILES string of the molecule is Cc1cccc(CNCc2ccc(Br)c(Br)c2)c1. The van der Waals surface area contributed by atoms with Crippen molar-refractivity contribution in [3.8, 4) is 0 Å². The Morgan fingerprint density at radius 2 is 1.61 bits per heavy atom. The van der Waals surface area contributed by atoms with E-state index in [4.69, 9.17) is 0 Å². The summed E-state index contributed by atoms with van der Waals surface area (Å²) in [7, 11) is 0. The highest BCUT2D eigenvalue weighted by molar-refractivity contribution is 9.13. The van der Waals surface area contributed by atoms with Crippen LogP contribution in [0.2, 0.25) is 0 Å². The van der Waals surface area contributed by atoms with E-state index in [2.05, 4.69) is 86.6 Å². The number of hydrogen-bond acceptors (Lipinski definition) is 1. The molecule has 2 aromatic carbocycles. The number of aryl methyl sites for hydroxylation is 1. The van der Waals surface area contributed by atoms with Gasteiger partial charge in [0.2, 0.25) is 0 Å². The van der Waals surface area contributed by atoms with Crippen molar-refractivity contribution in [3.05, 3.63) is 68.1 Å². The number of halogens is 2. The van der Waals surface area contributed by atoms with Gasteiger partial charge in [-0.25, -0.2) is 0 Å². The van der Waals surface area contributed by atoms with Crippen LogP contribution in [0.25, 0.3) is 0 Å². The second-order valence-corrected chi connectivity index (χ2v) is 6.05. The predicted molar refractivity (Wildman–Crippen MR) is 83.6 cm³/mol. The molecule has 0 amide bonds. The van der Waals surface area contributed by atoms with Crippen molar-refractivity contribution in [3.63, 3.8) is 0 Å². The highest BCUT2D eigenvalue weighted by Crippen LogP contribution is 2.23. The molecule has 0 saturated carbocycles. The predicted octanol–water partition coefficient (Wildman–Crippen LogP) is 4.81. The normalized spacial score (nSPS) is 10.6. The van der Waals surface area contributed by atoms with Crippen LogP contribution < -0.4 is 5.32 Å². The van der Waals surface area contributed by atoms with Crippen LogP contribution in [0.15, 0.2) is 51.4 Å². The number of nitrogens with one attached hydrogen (secondary N) is 1. The second kappa shape index (κ2) is 6.50. The van der Waals surface area contributed by atoms with E-state index in [9.17, 15) is 0 Å². The van der Waals surface area contributed by atoms with Crippen LogP contribution in [0.1, 0.15) is 16.7 Å². The third kappa shape index (κ3) is 3.94. The minimum absolute atomic E-state index is 0.875. The molecule has 0 aliphatic carbocycles. The zero-order valence-corrected chi connectivity index (χ0v) is 13.4. The van der Waals surface area contributed by atoms with E-state index in [1.807, 2.05) is 0 Å². The zero-order chi connectivity index (χ0) is 13.0. The van der Waals surface area contributed by atoms with Crippen LogP contribution in [0.3, 0.4) is 0 Å². The molecule has 0 radical (unpaired) electrons. The van der Waals surface area contributed by atoms with Gasteiger partial charge < -0.3 is 5.32 Å². The van der Waals surface area contributed by atoms with Crippen molar-refractivity contribution >= 4 is 31.9 Å². The fourth-order valence-corrected chi connectivity index (χ4v) is 2.50. The molecule has 0 bridgehead atoms. The molecular weight excluding hydrogens is 354 g/mol. The maximum Gasteiger partial charge on any atom is 0.0320 e. The first kappa shape index (κ1) is 13.8. The van der Waals surface area contributed by atoms with Crippen LogP contribution >= 0.6 is 31.9 Å². The van der Waals surface area contributed by atoms with Gasteiger partial charge in [-0.2, -0.15) is 0 Å². The van der Waals surface area contributed by atoms with E-state index < -0.39 is 0 Å². The third-order valence-corrected chi connectivity index (χ3v) is 4.60. The molecule has 0 unspecified atom stereocenters. The molecule has 2 aromatic rings. The Hall–Kier alpha value is -0.640. The van der Waals surface area contributed by atoms with Gasteiger partial charge in [-0.05, 0) is 62.0 Å². The first-order chi connectivity index (χ1) is 8.65. The Morgan fingerprint density at radius 1 is 0.889 bits per heavy atom. The lowest BCUT2D eigenvalue weighted by atomic mass is 10.1. The molecule has 18 heavy (non-hydrogen) atoms. The van der Waals surface area contributed by atoms with Crippen molar-refractivity contribution < 1.29 is 0 Å². The largest absolute Gasteiger partial charge is 0.309 e. The average molecular weight is 369 g/mol. The van der Waals surface area contributed by atoms with E-state index in [0.717, 1.165) is 22.0 Å². The fraction of sp³-hybridized carbons (Fsp3) is 0.200. The summed E-state index contributed by atoms with van der Waals surface area (Å²) in [5.74, 6) is 0. The first-order valence-electron chi connectivity index (χ1n) is 5.85. The molecule has 94 valence electrons. The van der Waals surface area contributed by atoms with Gasteiger partial charge in [0, 0.05) is 22.0 Å². The number of hydrogen-bond donors (Lipinski definition) is 1. The van der Waals surface area contributed by atoms with Gasteiger partial charge >= 0.3 is 0 Å². The van der Waals surface area contributed by atoms with Crippen LogP contribution in [-0.2, 0) is 13.1 Å². The summed E-state index contributed by atoms with van der Waals surface area (Å²) >= 11 is 6.99. The van der Waals surface area contributed by atoms with Gasteiger partial charge in [-0.3, -0.25) is 0 Å². The summed E-state index contributed by atoms with van der Waals surface area (Å²) in [6.45, 7) is 3.89. The summed E-state index contributed by atoms with van der Waals surface area (Å²) < 4.78 is 2.18. The molecule has 0 aliphatic heterocycles. The molecule has 0 aromatic heterocycles. The van der Waals surface area contributed by atoms with Crippen molar-refractivity contribution in [2.45, 2.75) is 20.0 Å². The van der Waals surface area contributed by atoms with E-state index in [0.29, 0.717) is 0 Å². The minimum Gasteiger partial charge on any atom is -0.309 e. The highest BCUT2D eigenvalue weighted by Gasteiger charge is 1.99. The monoisotopic (exact) mass is 367 g/mol. The number of benzene rings is 2. The lowest BCUT2D eigenvalue weighted by Crippen LogP contribution is -2.12. The lowest BCUT2D eigenvalue weighted by Gasteiger charge is -2.07. The van der Waals surface area contributed by atoms with Crippen molar-refractivity contribution in [2.24, 2.45) is 0 Å². The molecule has 0 heterocycles. The Labute approximate surface area is 125 Å². The van der Waals surface area contributed by atoms with Crippen LogP contribution in [0.4, 0.5) is 0 Å². The Kier molecular flexibility index (Phi) is 4.98. The average Bonchev–Trinajstić information content (AvgIpc) is 2.34. The van der Waals surface area contributed by atoms with E-state index in [1.54, 1.807) is 0 Å². The van der Waals surface area contributed by atoms with Gasteiger partial charge in [0.15, 0.2) is 0 Å². The van der Waals surface area contributed by atoms with Gasteiger partial charge in [0.1, 0.15) is 0 Å². The standard InChI is InChI=1S/C15H15Br2N/c1-11-3-2-4-12(7-11)9-18-10-13-5-6-14(16)15(17)8-13/h2-8,18H,9-10H2,1H3. The van der Waals surface area contributed by atoms with Gasteiger partial charge in [-0.15, -0.1) is 0 Å². The molecule has 0 fully saturated rings. The first-order valence-corrected chi connectivity index (χ1v) is 7.44. The summed E-state index contributed by atoms with van der Waals surface area (Å²) in [4.78, 5) is 0. The summed E-state index contributed by atoms with van der Waals surface area (Å²) in [6.07, 6.45) is 0. The second-order valence-electron chi connectivity index (χ2n) is 4.34. The summed E-state index contributed by atoms with van der Waals surface area (Å²) in [5, 5.41) is 3.46. The molecule has 1 nitrogen and oxygen atoms in total. The smallest absolute Gasteiger partial charge is 0.0320 e. The van der Waals surface area contributed by atoms with Crippen molar-refractivity contribution in [1.29, 1.82) is 0 Å². The maximum absolute atomic E-state index is 3.52. The minimum atomic E-state index is 0.875. The zero-order valence-electron chi connectivity index (χ0n) is 10.2. The van der Waals surface area contributed by atoms with Gasteiger partial charge in [0.05, 0.1) is 0 Å². The van der Waals surface area contributed by atoms with Crippen LogP contribution in [0.5, 0.6) is 0 Å². The third-order valence-electron chi connectivity index (χ3n) is 2.72. The molecule has 3 heteroatoms. The highest BCUT2D eigenvalue weighted by atomic mass is 79.9. The van der Waals surface area contributed by atoms with Crippen molar-refractivity contribution in [2.75, 3.05) is 0 Å². The fourth-order valence-electron chi connectivity index (χ4n) is 1.82. The molecule has 0 saturated heterocycles. The molecule has 0 atom stereocenters. The van der Waals surface area contributed by atoms with Crippen LogP contribution in [-0.4, -0.2) is 0 Å². The Morgan fingerprint density at radius 3 is 2.28 bits per heavy atom. The van der Waals surface area contributed by atoms with Gasteiger partial charge in [-0.1, -0.05) is 35.9 Å². The molecule has 0 aliphatic rings. The van der Waals surface area contributed by atoms with Crippen molar-refractivity contribution in [1.82, 2.24) is 5.32 Å². The Bertz CT molecular complexity index is 538. The van der Waals surface area contributed by atoms with Gasteiger partial charge in [0.25, 0.3) is 0 Å². The topological polar surface area (TPSA) is 12.0 Å². The maximum atomic E-state index is 3.52. The molecule has 0 spiro atoms. The molecule has 1 N–H and O–H groups in total. The molecule has 2 rings (SSSR count). The van der Waals surface area contributed by atoms with Crippen LogP contribution in [0, 0.1) is 6.92 Å². The lowest BCUT2D eigenvalue weighted by molar-refractivity contribution is 0.692. The molecular formula is C15H15Br2N. The Balaban J connectivity index is 1.90. The summed E-state index contributed by atoms with van der Waals surface area (Å²) in [5.41, 5.74) is 3.91. The van der Waals surface area contributed by atoms with E-state index in [1.165, 1.54) is 16.7 Å². The summed E-state index contributed by atoms with van der Waals surface area (Å²) in [6, 6.07) is 14.9.